The van der Waals surface area contributed by atoms with Crippen molar-refractivity contribution < 1.29 is 17.6 Å². The average molecular weight is 279 g/mol. The van der Waals surface area contributed by atoms with Crippen molar-refractivity contribution in [1.29, 1.82) is 0 Å². The molecule has 0 aliphatic carbocycles. The Kier molecular flexibility index (Phi) is 5.65. The van der Waals surface area contributed by atoms with Crippen LogP contribution in [0, 0.1) is 5.92 Å². The molecular weight excluding hydrogens is 259 g/mol. The van der Waals surface area contributed by atoms with Crippen molar-refractivity contribution >= 4 is 6.01 Å². The highest BCUT2D eigenvalue weighted by molar-refractivity contribution is 5.25. The summed E-state index contributed by atoms with van der Waals surface area (Å²) in [5, 5.41) is 3.19. The van der Waals surface area contributed by atoms with E-state index in [0.717, 1.165) is 6.54 Å². The van der Waals surface area contributed by atoms with Gasteiger partial charge >= 0.3 is 6.18 Å². The summed E-state index contributed by atoms with van der Waals surface area (Å²) >= 11 is 0. The van der Waals surface area contributed by atoms with Crippen LogP contribution >= 0.6 is 0 Å². The van der Waals surface area contributed by atoms with Crippen LogP contribution in [0.25, 0.3) is 0 Å². The Hall–Kier alpha value is -1.24. The van der Waals surface area contributed by atoms with Crippen molar-refractivity contribution in [2.45, 2.75) is 33.0 Å². The Labute approximate surface area is 111 Å². The smallest absolute Gasteiger partial charge is 0.390 e. The Balaban J connectivity index is 2.40. The topological polar surface area (TPSA) is 41.3 Å². The number of oxazole rings is 1. The lowest BCUT2D eigenvalue weighted by molar-refractivity contribution is -0.132. The number of hydrogen-bond acceptors (Lipinski definition) is 4. The van der Waals surface area contributed by atoms with Gasteiger partial charge in [0.15, 0.2) is 0 Å². The maximum absolute atomic E-state index is 12.1. The number of halogens is 3. The molecule has 0 saturated carbocycles. The van der Waals surface area contributed by atoms with Crippen LogP contribution in [0.5, 0.6) is 0 Å². The molecule has 1 aromatic rings. The summed E-state index contributed by atoms with van der Waals surface area (Å²) in [4.78, 5) is 5.50. The van der Waals surface area contributed by atoms with E-state index in [9.17, 15) is 13.2 Å². The highest BCUT2D eigenvalue weighted by atomic mass is 19.4. The van der Waals surface area contributed by atoms with Crippen molar-refractivity contribution in [3.05, 3.63) is 12.0 Å². The van der Waals surface area contributed by atoms with Gasteiger partial charge in [-0.15, -0.1) is 0 Å². The summed E-state index contributed by atoms with van der Waals surface area (Å²) < 4.78 is 41.4. The molecule has 0 unspecified atom stereocenters. The molecule has 1 aromatic heterocycles. The molecule has 0 saturated heterocycles. The second kappa shape index (κ2) is 6.79. The maximum Gasteiger partial charge on any atom is 0.390 e. The van der Waals surface area contributed by atoms with Crippen LogP contribution in [0.1, 0.15) is 26.0 Å². The number of rotatable bonds is 7. The molecule has 0 bridgehead atoms. The van der Waals surface area contributed by atoms with Crippen LogP contribution in [-0.2, 0) is 6.54 Å². The number of nitrogens with one attached hydrogen (secondary N) is 1. The number of alkyl halides is 3. The number of anilines is 1. The largest absolute Gasteiger partial charge is 0.432 e. The Morgan fingerprint density at radius 1 is 1.42 bits per heavy atom. The molecule has 0 atom stereocenters. The predicted octanol–water partition coefficient (Wildman–Crippen LogP) is 2.81. The highest BCUT2D eigenvalue weighted by Crippen LogP contribution is 2.21. The van der Waals surface area contributed by atoms with Gasteiger partial charge in [0, 0.05) is 20.1 Å². The molecule has 1 heterocycles. The van der Waals surface area contributed by atoms with Crippen molar-refractivity contribution in [1.82, 2.24) is 10.3 Å². The first-order chi connectivity index (χ1) is 8.78. The minimum Gasteiger partial charge on any atom is -0.432 e. The van der Waals surface area contributed by atoms with Gasteiger partial charge < -0.3 is 14.6 Å². The van der Waals surface area contributed by atoms with Gasteiger partial charge in [-0.25, -0.2) is 0 Å². The standard InChI is InChI=1S/C12H20F3N3O/c1-9(2)6-16-7-10-8-19-11(17-10)18(3)5-4-12(13,14)15/h8-9,16H,4-7H2,1-3H3. The van der Waals surface area contributed by atoms with Crippen LogP contribution in [0.3, 0.4) is 0 Å². The van der Waals surface area contributed by atoms with Crippen molar-refractivity contribution in [3.63, 3.8) is 0 Å². The molecule has 0 radical (unpaired) electrons. The Bertz CT molecular complexity index is 377. The van der Waals surface area contributed by atoms with Gasteiger partial charge in [-0.3, -0.25) is 0 Å². The van der Waals surface area contributed by atoms with E-state index in [1.807, 2.05) is 0 Å². The van der Waals surface area contributed by atoms with E-state index in [1.54, 1.807) is 0 Å². The van der Waals surface area contributed by atoms with Crippen molar-refractivity contribution in [3.8, 4) is 0 Å². The molecule has 0 amide bonds. The van der Waals surface area contributed by atoms with Gasteiger partial charge in [0.2, 0.25) is 0 Å². The minimum atomic E-state index is -4.16. The Morgan fingerprint density at radius 2 is 2.11 bits per heavy atom. The summed E-state index contributed by atoms with van der Waals surface area (Å²) in [5.41, 5.74) is 0.689. The fourth-order valence-electron chi connectivity index (χ4n) is 1.43. The van der Waals surface area contributed by atoms with Crippen LogP contribution < -0.4 is 10.2 Å². The zero-order chi connectivity index (χ0) is 14.5. The highest BCUT2D eigenvalue weighted by Gasteiger charge is 2.27. The van der Waals surface area contributed by atoms with E-state index in [2.05, 4.69) is 24.1 Å². The molecule has 19 heavy (non-hydrogen) atoms. The van der Waals surface area contributed by atoms with E-state index in [0.29, 0.717) is 18.2 Å². The molecule has 0 aliphatic heterocycles. The summed E-state index contributed by atoms with van der Waals surface area (Å²) in [7, 11) is 1.53. The van der Waals surface area contributed by atoms with Crippen LogP contribution in [0.15, 0.2) is 10.7 Å². The molecule has 7 heteroatoms. The summed E-state index contributed by atoms with van der Waals surface area (Å²) in [5.74, 6) is 0.529. The molecular formula is C12H20F3N3O. The first kappa shape index (κ1) is 15.8. The monoisotopic (exact) mass is 279 g/mol. The third-order valence-corrected chi connectivity index (χ3v) is 2.46. The van der Waals surface area contributed by atoms with Crippen LogP contribution in [0.2, 0.25) is 0 Å². The van der Waals surface area contributed by atoms with E-state index in [4.69, 9.17) is 4.42 Å². The second-order valence-corrected chi connectivity index (χ2v) is 4.93. The van der Waals surface area contributed by atoms with Gasteiger partial charge in [-0.2, -0.15) is 18.2 Å². The Morgan fingerprint density at radius 3 is 2.68 bits per heavy atom. The van der Waals surface area contributed by atoms with Crippen LogP contribution in [-0.4, -0.2) is 31.3 Å². The normalized spacial score (nSPS) is 12.2. The molecule has 0 aliphatic rings. The lowest BCUT2D eigenvalue weighted by atomic mass is 10.2. The SMILES string of the molecule is CC(C)CNCc1coc(N(C)CCC(F)(F)F)n1. The average Bonchev–Trinajstić information content (AvgIpc) is 2.73. The van der Waals surface area contributed by atoms with E-state index < -0.39 is 12.6 Å². The fourth-order valence-corrected chi connectivity index (χ4v) is 1.43. The fraction of sp³-hybridized carbons (Fsp3) is 0.750. The van der Waals surface area contributed by atoms with E-state index in [-0.39, 0.29) is 12.6 Å². The number of nitrogens with zero attached hydrogens (tertiary/aromatic N) is 2. The van der Waals surface area contributed by atoms with Gasteiger partial charge in [0.05, 0.1) is 12.1 Å². The summed E-state index contributed by atoms with van der Waals surface area (Å²) in [6, 6.07) is 0.214. The molecule has 0 spiro atoms. The summed E-state index contributed by atoms with van der Waals surface area (Å²) in [6.07, 6.45) is -3.58. The lowest BCUT2D eigenvalue weighted by Crippen LogP contribution is -2.24. The van der Waals surface area contributed by atoms with Crippen molar-refractivity contribution in [2.75, 3.05) is 25.0 Å². The van der Waals surface area contributed by atoms with Gasteiger partial charge in [0.25, 0.3) is 6.01 Å². The molecule has 1 rings (SSSR count). The molecule has 0 fully saturated rings. The molecule has 4 nitrogen and oxygen atoms in total. The minimum absolute atomic E-state index is 0.164. The third-order valence-electron chi connectivity index (χ3n) is 2.46. The summed E-state index contributed by atoms with van der Waals surface area (Å²) in [6.45, 7) is 5.42. The van der Waals surface area contributed by atoms with E-state index >= 15 is 0 Å². The zero-order valence-corrected chi connectivity index (χ0v) is 11.4. The lowest BCUT2D eigenvalue weighted by Gasteiger charge is -2.15. The number of hydrogen-bond donors (Lipinski definition) is 1. The third kappa shape index (κ3) is 6.47. The van der Waals surface area contributed by atoms with Crippen LogP contribution in [0.4, 0.5) is 19.2 Å². The molecule has 0 aromatic carbocycles. The van der Waals surface area contributed by atoms with Crippen molar-refractivity contribution in [2.24, 2.45) is 5.92 Å². The number of aromatic nitrogens is 1. The van der Waals surface area contributed by atoms with Gasteiger partial charge in [-0.05, 0) is 12.5 Å². The quantitative estimate of drug-likeness (QED) is 0.833. The first-order valence-corrected chi connectivity index (χ1v) is 6.21. The van der Waals surface area contributed by atoms with E-state index in [1.165, 1.54) is 18.2 Å². The van der Waals surface area contributed by atoms with Gasteiger partial charge in [-0.1, -0.05) is 13.8 Å². The zero-order valence-electron chi connectivity index (χ0n) is 11.4. The predicted molar refractivity (Wildman–Crippen MR) is 67.0 cm³/mol. The van der Waals surface area contributed by atoms with Gasteiger partial charge in [0.1, 0.15) is 6.26 Å². The maximum atomic E-state index is 12.1. The molecule has 110 valence electrons. The first-order valence-electron chi connectivity index (χ1n) is 6.21. The molecule has 1 N–H and O–H groups in total. The second-order valence-electron chi connectivity index (χ2n) is 4.93.